The van der Waals surface area contributed by atoms with Gasteiger partial charge in [-0.25, -0.2) is 0 Å². The molecule has 0 atom stereocenters. The zero-order chi connectivity index (χ0) is 30.3. The second kappa shape index (κ2) is 11.4. The molecular weight excluding hydrogens is 565 g/mol. The minimum absolute atomic E-state index is 0.0559. The Morgan fingerprint density at radius 3 is 1.38 bits per heavy atom. The van der Waals surface area contributed by atoms with Gasteiger partial charge in [0.2, 0.25) is 0 Å². The first kappa shape index (κ1) is 27.9. The molecule has 8 rings (SSSR count). The van der Waals surface area contributed by atoms with Gasteiger partial charge in [-0.15, -0.1) is 0 Å². The van der Waals surface area contributed by atoms with E-state index in [9.17, 15) is 4.57 Å². The lowest BCUT2D eigenvalue weighted by Crippen LogP contribution is -2.31. The minimum Gasteiger partial charge on any atom is -0.309 e. The molecule has 220 valence electrons. The highest BCUT2D eigenvalue weighted by Crippen LogP contribution is 2.47. The van der Waals surface area contributed by atoms with Gasteiger partial charge in [0.1, 0.15) is 0 Å². The topological polar surface area (TPSA) is 22.0 Å². The lowest BCUT2D eigenvalue weighted by molar-refractivity contribution is 0.346. The van der Waals surface area contributed by atoms with Crippen molar-refractivity contribution in [1.29, 1.82) is 0 Å². The molecule has 0 aliphatic heterocycles. The van der Waals surface area contributed by atoms with Crippen molar-refractivity contribution < 1.29 is 4.57 Å². The second-order valence-corrected chi connectivity index (χ2v) is 15.2. The number of hydrogen-bond donors (Lipinski definition) is 0. The van der Waals surface area contributed by atoms with E-state index in [1.54, 1.807) is 0 Å². The van der Waals surface area contributed by atoms with Gasteiger partial charge < -0.3 is 9.13 Å². The van der Waals surface area contributed by atoms with Crippen LogP contribution in [0.4, 0.5) is 0 Å². The van der Waals surface area contributed by atoms with Crippen LogP contribution in [0.25, 0.3) is 27.5 Å². The van der Waals surface area contributed by atoms with Crippen LogP contribution >= 0.6 is 7.14 Å². The van der Waals surface area contributed by atoms with Gasteiger partial charge in [-0.3, -0.25) is 0 Å². The van der Waals surface area contributed by atoms with Crippen molar-refractivity contribution in [3.05, 3.63) is 169 Å². The Morgan fingerprint density at radius 2 is 0.867 bits per heavy atom. The lowest BCUT2D eigenvalue weighted by Gasteiger charge is -2.39. The van der Waals surface area contributed by atoms with Crippen molar-refractivity contribution >= 4 is 44.9 Å². The lowest BCUT2D eigenvalue weighted by atomic mass is 9.65. The van der Waals surface area contributed by atoms with Gasteiger partial charge in [0, 0.05) is 37.8 Å². The molecular formula is C42H36NOP. The maximum atomic E-state index is 15.0. The standard InChI is InChI=1S/C42H36NOP/c44-45(35-14-4-1-5-15-35,36-16-6-2-7-17-36)37-28-24-33(25-29-37)42(30-12-3-13-31-42)32-22-26-34(27-23-32)43-40-20-10-8-18-38(40)39-19-9-11-21-41(39)43/h1-2,4-11,14-29H,3,12-13,30-31H2. The molecule has 0 spiro atoms. The summed E-state index contributed by atoms with van der Waals surface area (Å²) in [7, 11) is -3.01. The fraction of sp³-hybridized carbons (Fsp3) is 0.143. The summed E-state index contributed by atoms with van der Waals surface area (Å²) in [5.41, 5.74) is 6.28. The van der Waals surface area contributed by atoms with Crippen LogP contribution < -0.4 is 15.9 Å². The van der Waals surface area contributed by atoms with Crippen LogP contribution in [0.2, 0.25) is 0 Å². The molecule has 0 amide bonds. The molecule has 1 heterocycles. The van der Waals surface area contributed by atoms with E-state index in [0.29, 0.717) is 0 Å². The zero-order valence-corrected chi connectivity index (χ0v) is 26.2. The molecule has 1 aliphatic carbocycles. The first-order chi connectivity index (χ1) is 22.2. The van der Waals surface area contributed by atoms with E-state index in [1.165, 1.54) is 57.9 Å². The van der Waals surface area contributed by atoms with Crippen molar-refractivity contribution in [3.8, 4) is 5.69 Å². The highest BCUT2D eigenvalue weighted by molar-refractivity contribution is 7.85. The van der Waals surface area contributed by atoms with Gasteiger partial charge in [-0.1, -0.05) is 153 Å². The molecule has 0 saturated heterocycles. The van der Waals surface area contributed by atoms with Gasteiger partial charge in [0.25, 0.3) is 0 Å². The number of fused-ring (bicyclic) bond motifs is 3. The summed E-state index contributed by atoms with van der Waals surface area (Å²) in [5, 5.41) is 5.19. The number of aromatic nitrogens is 1. The summed E-state index contributed by atoms with van der Waals surface area (Å²) < 4.78 is 17.4. The fourth-order valence-electron chi connectivity index (χ4n) is 7.74. The van der Waals surface area contributed by atoms with Crippen LogP contribution in [0.15, 0.2) is 158 Å². The summed E-state index contributed by atoms with van der Waals surface area (Å²) in [6, 6.07) is 55.4. The van der Waals surface area contributed by atoms with Gasteiger partial charge in [-0.05, 0) is 48.2 Å². The summed E-state index contributed by atoms with van der Waals surface area (Å²) in [6.45, 7) is 0. The molecule has 1 saturated carbocycles. The van der Waals surface area contributed by atoms with E-state index in [4.69, 9.17) is 0 Å². The molecule has 0 bridgehead atoms. The third-order valence-electron chi connectivity index (χ3n) is 9.99. The predicted octanol–water partition coefficient (Wildman–Crippen LogP) is 9.67. The molecule has 2 nitrogen and oxygen atoms in total. The number of hydrogen-bond acceptors (Lipinski definition) is 1. The Kier molecular flexibility index (Phi) is 7.04. The first-order valence-electron chi connectivity index (χ1n) is 16.1. The van der Waals surface area contributed by atoms with Gasteiger partial charge >= 0.3 is 0 Å². The van der Waals surface area contributed by atoms with Crippen molar-refractivity contribution in [2.75, 3.05) is 0 Å². The SMILES string of the molecule is O=P(c1ccccc1)(c1ccccc1)c1ccc(C2(c3ccc(-n4c5ccccc5c5ccccc54)cc3)CCCCC2)cc1. The van der Waals surface area contributed by atoms with E-state index >= 15 is 0 Å². The average molecular weight is 602 g/mol. The van der Waals surface area contributed by atoms with Crippen LogP contribution in [-0.4, -0.2) is 4.57 Å². The molecule has 1 aromatic heterocycles. The Bertz CT molecular complexity index is 2040. The Hall–Kier alpha value is -4.65. The highest BCUT2D eigenvalue weighted by Gasteiger charge is 2.37. The smallest absolute Gasteiger partial charge is 0.171 e. The highest BCUT2D eigenvalue weighted by atomic mass is 31.2. The fourth-order valence-corrected chi connectivity index (χ4v) is 10.4. The van der Waals surface area contributed by atoms with E-state index in [-0.39, 0.29) is 5.41 Å². The van der Waals surface area contributed by atoms with Crippen LogP contribution in [-0.2, 0) is 9.98 Å². The Morgan fingerprint density at radius 1 is 0.444 bits per heavy atom. The summed E-state index contributed by atoms with van der Waals surface area (Å²) >= 11 is 0. The average Bonchev–Trinajstić information content (AvgIpc) is 3.47. The Balaban J connectivity index is 1.21. The third kappa shape index (κ3) is 4.59. The summed E-state index contributed by atoms with van der Waals surface area (Å²) in [6.07, 6.45) is 5.94. The van der Waals surface area contributed by atoms with Crippen molar-refractivity contribution in [3.63, 3.8) is 0 Å². The van der Waals surface area contributed by atoms with E-state index in [0.717, 1.165) is 28.8 Å². The van der Waals surface area contributed by atoms with Crippen LogP contribution in [0.5, 0.6) is 0 Å². The largest absolute Gasteiger partial charge is 0.309 e. The summed E-state index contributed by atoms with van der Waals surface area (Å²) in [5.74, 6) is 0. The zero-order valence-electron chi connectivity index (χ0n) is 25.3. The van der Waals surface area contributed by atoms with Crippen LogP contribution in [0.3, 0.4) is 0 Å². The molecule has 0 unspecified atom stereocenters. The molecule has 1 fully saturated rings. The quantitative estimate of drug-likeness (QED) is 0.174. The van der Waals surface area contributed by atoms with E-state index in [1.807, 2.05) is 60.7 Å². The van der Waals surface area contributed by atoms with Crippen LogP contribution in [0.1, 0.15) is 43.2 Å². The maximum absolute atomic E-state index is 15.0. The molecule has 6 aromatic carbocycles. The van der Waals surface area contributed by atoms with Gasteiger partial charge in [0.05, 0.1) is 11.0 Å². The third-order valence-corrected chi connectivity index (χ3v) is 13.1. The predicted molar refractivity (Wildman–Crippen MR) is 190 cm³/mol. The summed E-state index contributed by atoms with van der Waals surface area (Å²) in [4.78, 5) is 0. The van der Waals surface area contributed by atoms with Crippen LogP contribution in [0, 0.1) is 0 Å². The van der Waals surface area contributed by atoms with Crippen molar-refractivity contribution in [1.82, 2.24) is 4.57 Å². The number of para-hydroxylation sites is 2. The molecule has 3 heteroatoms. The van der Waals surface area contributed by atoms with Crippen molar-refractivity contribution in [2.24, 2.45) is 0 Å². The molecule has 0 radical (unpaired) electrons. The monoisotopic (exact) mass is 601 g/mol. The normalized spacial score (nSPS) is 14.9. The molecule has 1 aliphatic rings. The second-order valence-electron chi connectivity index (χ2n) is 12.4. The first-order valence-corrected chi connectivity index (χ1v) is 17.8. The van der Waals surface area contributed by atoms with E-state index < -0.39 is 7.14 Å². The van der Waals surface area contributed by atoms with Gasteiger partial charge in [0.15, 0.2) is 7.14 Å². The molecule has 7 aromatic rings. The number of nitrogens with zero attached hydrogens (tertiary/aromatic N) is 1. The van der Waals surface area contributed by atoms with Gasteiger partial charge in [-0.2, -0.15) is 0 Å². The van der Waals surface area contributed by atoms with Crippen molar-refractivity contribution in [2.45, 2.75) is 37.5 Å². The Labute approximate surface area is 265 Å². The molecule has 45 heavy (non-hydrogen) atoms. The van der Waals surface area contributed by atoms with E-state index in [2.05, 4.69) is 102 Å². The minimum atomic E-state index is -3.01. The maximum Gasteiger partial charge on any atom is 0.171 e. The molecule has 0 N–H and O–H groups in total. The number of benzene rings is 6. The number of rotatable bonds is 6.